The maximum absolute atomic E-state index is 12.2. The molecular formula is C25H26N2O4. The van der Waals surface area contributed by atoms with E-state index in [1.165, 1.54) is 0 Å². The first-order valence-corrected chi connectivity index (χ1v) is 10.1. The molecule has 3 rings (SSSR count). The van der Waals surface area contributed by atoms with Crippen molar-refractivity contribution in [3.05, 3.63) is 90.0 Å². The number of amides is 2. The molecule has 0 radical (unpaired) electrons. The summed E-state index contributed by atoms with van der Waals surface area (Å²) in [5.74, 6) is -0.276. The first-order chi connectivity index (χ1) is 15.0. The van der Waals surface area contributed by atoms with Crippen molar-refractivity contribution < 1.29 is 19.1 Å². The molecule has 0 spiro atoms. The van der Waals surface area contributed by atoms with E-state index in [0.29, 0.717) is 17.9 Å². The van der Waals surface area contributed by atoms with Crippen molar-refractivity contribution in [2.24, 2.45) is 0 Å². The van der Waals surface area contributed by atoms with E-state index in [2.05, 4.69) is 10.9 Å². The maximum atomic E-state index is 12.2. The number of carbonyl (C=O) groups is 2. The summed E-state index contributed by atoms with van der Waals surface area (Å²) < 4.78 is 11.2. The molecule has 0 saturated heterocycles. The molecule has 3 aromatic rings. The molecule has 0 aliphatic heterocycles. The molecule has 0 unspecified atom stereocenters. The minimum absolute atomic E-state index is 0.139. The van der Waals surface area contributed by atoms with Crippen molar-refractivity contribution in [3.63, 3.8) is 0 Å². The van der Waals surface area contributed by atoms with Crippen molar-refractivity contribution in [2.75, 3.05) is 6.61 Å². The fourth-order valence-corrected chi connectivity index (χ4v) is 2.84. The van der Waals surface area contributed by atoms with Crippen molar-refractivity contribution >= 4 is 11.8 Å². The monoisotopic (exact) mass is 418 g/mol. The minimum atomic E-state index is -0.460. The summed E-state index contributed by atoms with van der Waals surface area (Å²) in [5.41, 5.74) is 8.07. The minimum Gasteiger partial charge on any atom is -0.483 e. The molecule has 0 aromatic heterocycles. The normalized spacial score (nSPS) is 10.5. The zero-order chi connectivity index (χ0) is 22.1. The standard InChI is InChI=1S/C25H26N2O4/c1-18(2)30-16-19-12-14-21(15-13-19)25(29)27-26-24(28)17-31-23-11-7-6-10-22(23)20-8-4-3-5-9-20/h3-15,18H,16-17H2,1-2H3,(H,26,28)(H,27,29). The smallest absolute Gasteiger partial charge is 0.276 e. The van der Waals surface area contributed by atoms with Crippen LogP contribution >= 0.6 is 0 Å². The molecule has 0 aliphatic rings. The zero-order valence-electron chi connectivity index (χ0n) is 17.6. The average Bonchev–Trinajstić information content (AvgIpc) is 2.81. The van der Waals surface area contributed by atoms with Crippen LogP contribution in [0.25, 0.3) is 11.1 Å². The first-order valence-electron chi connectivity index (χ1n) is 10.1. The lowest BCUT2D eigenvalue weighted by molar-refractivity contribution is -0.123. The van der Waals surface area contributed by atoms with Crippen LogP contribution in [0.2, 0.25) is 0 Å². The Labute approximate surface area is 182 Å². The van der Waals surface area contributed by atoms with Crippen LogP contribution in [0.15, 0.2) is 78.9 Å². The lowest BCUT2D eigenvalue weighted by Gasteiger charge is -2.12. The number of carbonyl (C=O) groups excluding carboxylic acids is 2. The van der Waals surface area contributed by atoms with E-state index >= 15 is 0 Å². The van der Waals surface area contributed by atoms with Crippen molar-refractivity contribution in [1.82, 2.24) is 10.9 Å². The van der Waals surface area contributed by atoms with Crippen LogP contribution in [-0.2, 0) is 16.1 Å². The second kappa shape index (κ2) is 10.9. The number of ether oxygens (including phenoxy) is 2. The molecular weight excluding hydrogens is 392 g/mol. The van der Waals surface area contributed by atoms with Gasteiger partial charge in [-0.3, -0.25) is 20.4 Å². The van der Waals surface area contributed by atoms with Gasteiger partial charge in [0.2, 0.25) is 0 Å². The van der Waals surface area contributed by atoms with Crippen molar-refractivity contribution in [1.29, 1.82) is 0 Å². The summed E-state index contributed by atoms with van der Waals surface area (Å²) in [6.45, 7) is 4.19. The van der Waals surface area contributed by atoms with Gasteiger partial charge < -0.3 is 9.47 Å². The summed E-state index contributed by atoms with van der Waals surface area (Å²) in [7, 11) is 0. The number of para-hydroxylation sites is 1. The highest BCUT2D eigenvalue weighted by Crippen LogP contribution is 2.29. The van der Waals surface area contributed by atoms with Gasteiger partial charge >= 0.3 is 0 Å². The summed E-state index contributed by atoms with van der Waals surface area (Å²) in [6.07, 6.45) is 0.139. The molecule has 0 atom stereocenters. The molecule has 0 bridgehead atoms. The third-order valence-electron chi connectivity index (χ3n) is 4.45. The first kappa shape index (κ1) is 22.1. The number of hydrogen-bond donors (Lipinski definition) is 2. The van der Waals surface area contributed by atoms with E-state index in [1.54, 1.807) is 18.2 Å². The van der Waals surface area contributed by atoms with Crippen LogP contribution in [0, 0.1) is 0 Å². The highest BCUT2D eigenvalue weighted by molar-refractivity contribution is 5.95. The van der Waals surface area contributed by atoms with Gasteiger partial charge in [0, 0.05) is 11.1 Å². The second-order valence-electron chi connectivity index (χ2n) is 7.21. The molecule has 2 amide bonds. The quantitative estimate of drug-likeness (QED) is 0.540. The highest BCUT2D eigenvalue weighted by Gasteiger charge is 2.10. The van der Waals surface area contributed by atoms with E-state index in [0.717, 1.165) is 16.7 Å². The molecule has 31 heavy (non-hydrogen) atoms. The van der Waals surface area contributed by atoms with E-state index in [9.17, 15) is 9.59 Å². The SMILES string of the molecule is CC(C)OCc1ccc(C(=O)NNC(=O)COc2ccccc2-c2ccccc2)cc1. The summed E-state index contributed by atoms with van der Waals surface area (Å²) >= 11 is 0. The Bertz CT molecular complexity index is 1000. The fraction of sp³-hybridized carbons (Fsp3) is 0.200. The maximum Gasteiger partial charge on any atom is 0.276 e. The Balaban J connectivity index is 1.49. The van der Waals surface area contributed by atoms with Crippen molar-refractivity contribution in [2.45, 2.75) is 26.6 Å². The topological polar surface area (TPSA) is 76.7 Å². The number of nitrogens with one attached hydrogen (secondary N) is 2. The fourth-order valence-electron chi connectivity index (χ4n) is 2.84. The Morgan fingerprint density at radius 2 is 1.52 bits per heavy atom. The van der Waals surface area contributed by atoms with Crippen molar-refractivity contribution in [3.8, 4) is 16.9 Å². The predicted molar refractivity (Wildman–Crippen MR) is 119 cm³/mol. The van der Waals surface area contributed by atoms with Crippen LogP contribution in [-0.4, -0.2) is 24.5 Å². The summed E-state index contributed by atoms with van der Waals surface area (Å²) in [4.78, 5) is 24.4. The van der Waals surface area contributed by atoms with Gasteiger partial charge in [-0.1, -0.05) is 60.7 Å². The Morgan fingerprint density at radius 1 is 0.839 bits per heavy atom. The van der Waals surface area contributed by atoms with Crippen LogP contribution in [0.4, 0.5) is 0 Å². The second-order valence-corrected chi connectivity index (χ2v) is 7.21. The lowest BCUT2D eigenvalue weighted by atomic mass is 10.1. The molecule has 6 heteroatoms. The van der Waals surface area contributed by atoms with Gasteiger partial charge in [-0.15, -0.1) is 0 Å². The Hall–Kier alpha value is -3.64. The average molecular weight is 418 g/mol. The van der Waals surface area contributed by atoms with Gasteiger partial charge in [-0.2, -0.15) is 0 Å². The van der Waals surface area contributed by atoms with E-state index in [1.807, 2.05) is 74.5 Å². The lowest BCUT2D eigenvalue weighted by Crippen LogP contribution is -2.43. The van der Waals surface area contributed by atoms with E-state index in [4.69, 9.17) is 9.47 Å². The van der Waals surface area contributed by atoms with Gasteiger partial charge in [0.1, 0.15) is 5.75 Å². The molecule has 0 heterocycles. The third kappa shape index (κ3) is 6.69. The number of hydrazine groups is 1. The highest BCUT2D eigenvalue weighted by atomic mass is 16.5. The van der Waals surface area contributed by atoms with E-state index in [-0.39, 0.29) is 12.7 Å². The van der Waals surface area contributed by atoms with Gasteiger partial charge in [-0.25, -0.2) is 0 Å². The zero-order valence-corrected chi connectivity index (χ0v) is 17.6. The van der Waals surface area contributed by atoms with Gasteiger partial charge in [0.05, 0.1) is 12.7 Å². The van der Waals surface area contributed by atoms with Crippen LogP contribution < -0.4 is 15.6 Å². The van der Waals surface area contributed by atoms with Gasteiger partial charge in [0.15, 0.2) is 6.61 Å². The number of hydrogen-bond acceptors (Lipinski definition) is 4. The predicted octanol–water partition coefficient (Wildman–Crippen LogP) is 4.12. The molecule has 6 nitrogen and oxygen atoms in total. The number of rotatable bonds is 8. The Kier molecular flexibility index (Phi) is 7.79. The molecule has 3 aromatic carbocycles. The van der Waals surface area contributed by atoms with Crippen LogP contribution in [0.1, 0.15) is 29.8 Å². The largest absolute Gasteiger partial charge is 0.483 e. The molecule has 0 aliphatic carbocycles. The molecule has 160 valence electrons. The van der Waals surface area contributed by atoms with Gasteiger partial charge in [-0.05, 0) is 43.2 Å². The van der Waals surface area contributed by atoms with Crippen LogP contribution in [0.3, 0.4) is 0 Å². The van der Waals surface area contributed by atoms with Gasteiger partial charge in [0.25, 0.3) is 11.8 Å². The number of benzene rings is 3. The molecule has 2 N–H and O–H groups in total. The molecule has 0 fully saturated rings. The van der Waals surface area contributed by atoms with E-state index < -0.39 is 11.8 Å². The molecule has 0 saturated carbocycles. The third-order valence-corrected chi connectivity index (χ3v) is 4.45. The Morgan fingerprint density at radius 3 is 2.23 bits per heavy atom. The summed E-state index contributed by atoms with van der Waals surface area (Å²) in [6, 6.07) is 24.3. The van der Waals surface area contributed by atoms with Crippen LogP contribution in [0.5, 0.6) is 5.75 Å². The summed E-state index contributed by atoms with van der Waals surface area (Å²) in [5, 5.41) is 0.